The molecule has 0 aromatic heterocycles. The zero-order valence-corrected chi connectivity index (χ0v) is 16.4. The zero-order chi connectivity index (χ0) is 18.8. The van der Waals surface area contributed by atoms with E-state index < -0.39 is 0 Å². The van der Waals surface area contributed by atoms with Crippen LogP contribution < -0.4 is 4.74 Å². The molecule has 1 aromatic carbocycles. The SMILES string of the molecule is COc1c(C)cc(CC(=O)N2CCN(C(=O)C3CCC3)CC2)c(C)c1C. The van der Waals surface area contributed by atoms with Gasteiger partial charge in [-0.15, -0.1) is 0 Å². The van der Waals surface area contributed by atoms with E-state index in [-0.39, 0.29) is 11.8 Å². The van der Waals surface area contributed by atoms with Crippen LogP contribution in [0, 0.1) is 26.7 Å². The predicted molar refractivity (Wildman–Crippen MR) is 101 cm³/mol. The van der Waals surface area contributed by atoms with E-state index >= 15 is 0 Å². The number of carbonyl (C=O) groups excluding carboxylic acids is 2. The van der Waals surface area contributed by atoms with Crippen LogP contribution in [0.5, 0.6) is 5.75 Å². The molecule has 5 nitrogen and oxygen atoms in total. The third-order valence-electron chi connectivity index (χ3n) is 6.08. The summed E-state index contributed by atoms with van der Waals surface area (Å²) >= 11 is 0. The second-order valence-electron chi connectivity index (χ2n) is 7.65. The molecule has 1 saturated heterocycles. The highest BCUT2D eigenvalue weighted by atomic mass is 16.5. The van der Waals surface area contributed by atoms with Gasteiger partial charge < -0.3 is 14.5 Å². The highest BCUT2D eigenvalue weighted by Crippen LogP contribution is 2.30. The Bertz CT molecular complexity index is 702. The lowest BCUT2D eigenvalue weighted by Gasteiger charge is -2.38. The van der Waals surface area contributed by atoms with E-state index in [1.165, 1.54) is 6.42 Å². The van der Waals surface area contributed by atoms with Crippen molar-refractivity contribution in [2.75, 3.05) is 33.3 Å². The Labute approximate surface area is 156 Å². The lowest BCUT2D eigenvalue weighted by Crippen LogP contribution is -2.52. The molecule has 2 aliphatic rings. The molecule has 1 heterocycles. The van der Waals surface area contributed by atoms with Crippen LogP contribution in [0.2, 0.25) is 0 Å². The first-order chi connectivity index (χ1) is 12.4. The van der Waals surface area contributed by atoms with E-state index in [0.717, 1.165) is 40.8 Å². The summed E-state index contributed by atoms with van der Waals surface area (Å²) in [4.78, 5) is 29.0. The van der Waals surface area contributed by atoms with Gasteiger partial charge in [-0.3, -0.25) is 9.59 Å². The molecule has 142 valence electrons. The summed E-state index contributed by atoms with van der Waals surface area (Å²) in [5, 5.41) is 0. The number of amides is 2. The van der Waals surface area contributed by atoms with Crippen molar-refractivity contribution in [3.8, 4) is 5.75 Å². The van der Waals surface area contributed by atoms with Gasteiger partial charge in [0.05, 0.1) is 13.5 Å². The zero-order valence-electron chi connectivity index (χ0n) is 16.4. The first kappa shape index (κ1) is 18.7. The summed E-state index contributed by atoms with van der Waals surface area (Å²) in [6.45, 7) is 8.73. The van der Waals surface area contributed by atoms with Gasteiger partial charge in [0.1, 0.15) is 5.75 Å². The van der Waals surface area contributed by atoms with Crippen molar-refractivity contribution in [1.29, 1.82) is 0 Å². The normalized spacial score (nSPS) is 17.8. The van der Waals surface area contributed by atoms with Gasteiger partial charge in [-0.2, -0.15) is 0 Å². The second kappa shape index (κ2) is 7.68. The standard InChI is InChI=1S/C21H30N2O3/c1-14-12-18(15(2)16(3)20(14)26-4)13-19(24)22-8-10-23(11-9-22)21(25)17-6-5-7-17/h12,17H,5-11,13H2,1-4H3. The van der Waals surface area contributed by atoms with Gasteiger partial charge >= 0.3 is 0 Å². The van der Waals surface area contributed by atoms with Gasteiger partial charge in [0.15, 0.2) is 0 Å². The Morgan fingerprint density at radius 1 is 1.04 bits per heavy atom. The van der Waals surface area contributed by atoms with Crippen molar-refractivity contribution in [1.82, 2.24) is 9.80 Å². The van der Waals surface area contributed by atoms with E-state index in [2.05, 4.69) is 13.0 Å². The Balaban J connectivity index is 1.60. The molecule has 1 aliphatic carbocycles. The molecule has 5 heteroatoms. The number of carbonyl (C=O) groups is 2. The van der Waals surface area contributed by atoms with Crippen molar-refractivity contribution in [3.05, 3.63) is 28.3 Å². The molecule has 26 heavy (non-hydrogen) atoms. The van der Waals surface area contributed by atoms with Crippen molar-refractivity contribution in [2.45, 2.75) is 46.5 Å². The fourth-order valence-corrected chi connectivity index (χ4v) is 4.00. The topological polar surface area (TPSA) is 49.9 Å². The monoisotopic (exact) mass is 358 g/mol. The summed E-state index contributed by atoms with van der Waals surface area (Å²) < 4.78 is 5.47. The van der Waals surface area contributed by atoms with Crippen LogP contribution >= 0.6 is 0 Å². The molecule has 1 saturated carbocycles. The van der Waals surface area contributed by atoms with E-state index in [0.29, 0.717) is 38.5 Å². The summed E-state index contributed by atoms with van der Waals surface area (Å²) in [6, 6.07) is 2.06. The minimum Gasteiger partial charge on any atom is -0.496 e. The molecule has 0 unspecified atom stereocenters. The van der Waals surface area contributed by atoms with E-state index in [1.54, 1.807) is 7.11 Å². The third-order valence-corrected chi connectivity index (χ3v) is 6.08. The molecule has 0 radical (unpaired) electrons. The van der Waals surface area contributed by atoms with Crippen molar-refractivity contribution < 1.29 is 14.3 Å². The Kier molecular flexibility index (Phi) is 5.54. The molecule has 3 rings (SSSR count). The lowest BCUT2D eigenvalue weighted by atomic mass is 9.84. The number of benzene rings is 1. The maximum Gasteiger partial charge on any atom is 0.227 e. The molecule has 2 fully saturated rings. The van der Waals surface area contributed by atoms with Gasteiger partial charge in [-0.1, -0.05) is 12.5 Å². The summed E-state index contributed by atoms with van der Waals surface area (Å²) in [7, 11) is 1.68. The maximum absolute atomic E-state index is 12.8. The average molecular weight is 358 g/mol. The molecule has 1 aliphatic heterocycles. The Morgan fingerprint density at radius 3 is 2.19 bits per heavy atom. The number of rotatable bonds is 4. The molecule has 0 spiro atoms. The fraction of sp³-hybridized carbons (Fsp3) is 0.619. The van der Waals surface area contributed by atoms with Crippen LogP contribution in [-0.2, 0) is 16.0 Å². The third kappa shape index (κ3) is 3.57. The van der Waals surface area contributed by atoms with Crippen LogP contribution in [0.1, 0.15) is 41.5 Å². The van der Waals surface area contributed by atoms with Crippen LogP contribution in [0.15, 0.2) is 6.07 Å². The number of ether oxygens (including phenoxy) is 1. The lowest BCUT2D eigenvalue weighted by molar-refractivity contribution is -0.143. The number of hydrogen-bond acceptors (Lipinski definition) is 3. The summed E-state index contributed by atoms with van der Waals surface area (Å²) in [5.41, 5.74) is 4.36. The quantitative estimate of drug-likeness (QED) is 0.831. The van der Waals surface area contributed by atoms with Crippen molar-refractivity contribution in [3.63, 3.8) is 0 Å². The Hall–Kier alpha value is -2.04. The van der Waals surface area contributed by atoms with Gasteiger partial charge in [-0.05, 0) is 55.9 Å². The van der Waals surface area contributed by atoms with Gasteiger partial charge in [0.2, 0.25) is 11.8 Å². The minimum atomic E-state index is 0.146. The first-order valence-corrected chi connectivity index (χ1v) is 9.62. The van der Waals surface area contributed by atoms with Crippen LogP contribution in [0.3, 0.4) is 0 Å². The van der Waals surface area contributed by atoms with Crippen LogP contribution in [0.25, 0.3) is 0 Å². The van der Waals surface area contributed by atoms with Crippen LogP contribution in [-0.4, -0.2) is 54.9 Å². The first-order valence-electron chi connectivity index (χ1n) is 9.62. The van der Waals surface area contributed by atoms with Crippen LogP contribution in [0.4, 0.5) is 0 Å². The Morgan fingerprint density at radius 2 is 1.65 bits per heavy atom. The number of aryl methyl sites for hydroxylation is 1. The number of nitrogens with zero attached hydrogens (tertiary/aromatic N) is 2. The average Bonchev–Trinajstić information content (AvgIpc) is 2.58. The molecule has 2 amide bonds. The predicted octanol–water partition coefficient (Wildman–Crippen LogP) is 2.63. The van der Waals surface area contributed by atoms with E-state index in [9.17, 15) is 9.59 Å². The number of piperazine rings is 1. The van der Waals surface area contributed by atoms with Gasteiger partial charge in [0, 0.05) is 32.1 Å². The highest BCUT2D eigenvalue weighted by Gasteiger charge is 2.32. The second-order valence-corrected chi connectivity index (χ2v) is 7.65. The molecule has 0 bridgehead atoms. The molecule has 1 aromatic rings. The maximum atomic E-state index is 12.8. The molecular formula is C21H30N2O3. The highest BCUT2D eigenvalue weighted by molar-refractivity contribution is 5.81. The van der Waals surface area contributed by atoms with Crippen molar-refractivity contribution >= 4 is 11.8 Å². The molecule has 0 N–H and O–H groups in total. The number of hydrogen-bond donors (Lipinski definition) is 0. The van der Waals surface area contributed by atoms with E-state index in [4.69, 9.17) is 4.74 Å². The molecular weight excluding hydrogens is 328 g/mol. The minimum absolute atomic E-state index is 0.146. The van der Waals surface area contributed by atoms with E-state index in [1.807, 2.05) is 23.6 Å². The largest absolute Gasteiger partial charge is 0.496 e. The molecule has 0 atom stereocenters. The summed E-state index contributed by atoms with van der Waals surface area (Å²) in [5.74, 6) is 1.58. The summed E-state index contributed by atoms with van der Waals surface area (Å²) in [6.07, 6.45) is 3.66. The van der Waals surface area contributed by atoms with Crippen molar-refractivity contribution in [2.24, 2.45) is 5.92 Å². The smallest absolute Gasteiger partial charge is 0.227 e. The number of methoxy groups -OCH3 is 1. The van der Waals surface area contributed by atoms with Gasteiger partial charge in [-0.25, -0.2) is 0 Å². The van der Waals surface area contributed by atoms with Gasteiger partial charge in [0.25, 0.3) is 0 Å². The fourth-order valence-electron chi connectivity index (χ4n) is 4.00.